The number of fused-ring (bicyclic) bond motifs is 1. The van der Waals surface area contributed by atoms with Gasteiger partial charge in [-0.2, -0.15) is 0 Å². The maximum absolute atomic E-state index is 13.2. The first kappa shape index (κ1) is 10.8. The van der Waals surface area contributed by atoms with Gasteiger partial charge in [-0.15, -0.1) is 0 Å². The standard InChI is InChI=1S/C14H11FN2O/c1-8-3-2-4-11-13(8)17-14(16-11)10-7-9(15)5-6-12(10)18/h2-7,18H,1H3,(H,16,17). The van der Waals surface area contributed by atoms with Crippen LogP contribution in [0.15, 0.2) is 36.4 Å². The summed E-state index contributed by atoms with van der Waals surface area (Å²) in [5.41, 5.74) is 3.10. The van der Waals surface area contributed by atoms with Gasteiger partial charge in [0, 0.05) is 0 Å². The largest absolute Gasteiger partial charge is 0.507 e. The number of phenolic OH excluding ortho intramolecular Hbond substituents is 1. The first-order valence-corrected chi connectivity index (χ1v) is 5.59. The molecule has 1 aromatic heterocycles. The molecule has 3 aromatic rings. The summed E-state index contributed by atoms with van der Waals surface area (Å²) in [6, 6.07) is 9.58. The number of H-pyrrole nitrogens is 1. The Hall–Kier alpha value is -2.36. The van der Waals surface area contributed by atoms with Gasteiger partial charge >= 0.3 is 0 Å². The van der Waals surface area contributed by atoms with Crippen molar-refractivity contribution in [2.24, 2.45) is 0 Å². The maximum atomic E-state index is 13.2. The van der Waals surface area contributed by atoms with Gasteiger partial charge in [-0.1, -0.05) is 12.1 Å². The molecule has 0 radical (unpaired) electrons. The van der Waals surface area contributed by atoms with Crippen LogP contribution in [0.2, 0.25) is 0 Å². The number of hydrogen-bond acceptors (Lipinski definition) is 2. The molecular weight excluding hydrogens is 231 g/mol. The van der Waals surface area contributed by atoms with Crippen molar-refractivity contribution in [2.45, 2.75) is 6.92 Å². The molecule has 18 heavy (non-hydrogen) atoms. The molecule has 3 rings (SSSR count). The molecule has 0 amide bonds. The van der Waals surface area contributed by atoms with Gasteiger partial charge in [0.1, 0.15) is 17.4 Å². The molecule has 0 fully saturated rings. The average molecular weight is 242 g/mol. The summed E-state index contributed by atoms with van der Waals surface area (Å²) in [5, 5.41) is 9.76. The molecule has 0 unspecified atom stereocenters. The van der Waals surface area contributed by atoms with Gasteiger partial charge in [0.2, 0.25) is 0 Å². The molecule has 1 heterocycles. The first-order chi connectivity index (χ1) is 8.65. The molecule has 0 aliphatic heterocycles. The lowest BCUT2D eigenvalue weighted by molar-refractivity contribution is 0.475. The van der Waals surface area contributed by atoms with Gasteiger partial charge in [-0.05, 0) is 36.8 Å². The molecule has 0 bridgehead atoms. The Bertz CT molecular complexity index is 734. The number of aryl methyl sites for hydroxylation is 1. The van der Waals surface area contributed by atoms with E-state index in [0.717, 1.165) is 16.6 Å². The SMILES string of the molecule is Cc1cccc2[nH]c(-c3cc(F)ccc3O)nc12. The summed E-state index contributed by atoms with van der Waals surface area (Å²) in [4.78, 5) is 7.49. The lowest BCUT2D eigenvalue weighted by Crippen LogP contribution is -1.83. The van der Waals surface area contributed by atoms with Crippen LogP contribution in [0.5, 0.6) is 5.75 Å². The van der Waals surface area contributed by atoms with E-state index in [9.17, 15) is 9.50 Å². The number of aromatic nitrogens is 2. The topological polar surface area (TPSA) is 48.9 Å². The predicted octanol–water partition coefficient (Wildman–Crippen LogP) is 3.38. The van der Waals surface area contributed by atoms with Gasteiger partial charge in [-0.25, -0.2) is 9.37 Å². The van der Waals surface area contributed by atoms with Gasteiger partial charge < -0.3 is 10.1 Å². The third kappa shape index (κ3) is 1.62. The number of nitrogens with one attached hydrogen (secondary N) is 1. The van der Waals surface area contributed by atoms with Crippen molar-refractivity contribution in [1.82, 2.24) is 9.97 Å². The van der Waals surface area contributed by atoms with Crippen LogP contribution in [-0.4, -0.2) is 15.1 Å². The van der Waals surface area contributed by atoms with E-state index >= 15 is 0 Å². The fourth-order valence-electron chi connectivity index (χ4n) is 2.00. The molecule has 2 aromatic carbocycles. The number of benzene rings is 2. The molecular formula is C14H11FN2O. The number of rotatable bonds is 1. The van der Waals surface area contributed by atoms with Gasteiger partial charge in [0.05, 0.1) is 16.6 Å². The highest BCUT2D eigenvalue weighted by atomic mass is 19.1. The summed E-state index contributed by atoms with van der Waals surface area (Å²) in [6.45, 7) is 1.96. The van der Waals surface area contributed by atoms with Gasteiger partial charge in [-0.3, -0.25) is 0 Å². The summed E-state index contributed by atoms with van der Waals surface area (Å²) in [6.07, 6.45) is 0. The molecule has 0 atom stereocenters. The number of aromatic hydroxyl groups is 1. The fraction of sp³-hybridized carbons (Fsp3) is 0.0714. The fourth-order valence-corrected chi connectivity index (χ4v) is 2.00. The molecule has 0 saturated carbocycles. The van der Waals surface area contributed by atoms with E-state index in [4.69, 9.17) is 0 Å². The molecule has 2 N–H and O–H groups in total. The van der Waals surface area contributed by atoms with Crippen LogP contribution in [0.25, 0.3) is 22.4 Å². The van der Waals surface area contributed by atoms with Crippen LogP contribution in [0, 0.1) is 12.7 Å². The normalized spacial score (nSPS) is 11.0. The van der Waals surface area contributed by atoms with Gasteiger partial charge in [0.15, 0.2) is 0 Å². The summed E-state index contributed by atoms with van der Waals surface area (Å²) in [7, 11) is 0. The first-order valence-electron chi connectivity index (χ1n) is 5.59. The highest BCUT2D eigenvalue weighted by Crippen LogP contribution is 2.29. The minimum Gasteiger partial charge on any atom is -0.507 e. The van der Waals surface area contributed by atoms with Crippen molar-refractivity contribution in [3.63, 3.8) is 0 Å². The van der Waals surface area contributed by atoms with Crippen LogP contribution >= 0.6 is 0 Å². The Morgan fingerprint density at radius 2 is 2.06 bits per heavy atom. The highest BCUT2D eigenvalue weighted by Gasteiger charge is 2.11. The quantitative estimate of drug-likeness (QED) is 0.687. The molecule has 0 aliphatic rings. The van der Waals surface area contributed by atoms with Crippen LogP contribution in [0.3, 0.4) is 0 Å². The zero-order valence-corrected chi connectivity index (χ0v) is 9.74. The number of hydrogen-bond donors (Lipinski definition) is 2. The highest BCUT2D eigenvalue weighted by molar-refractivity contribution is 5.83. The molecule has 0 spiro atoms. The second kappa shape index (κ2) is 3.84. The number of para-hydroxylation sites is 1. The van der Waals surface area contributed by atoms with Crippen molar-refractivity contribution in [3.05, 3.63) is 47.8 Å². The minimum absolute atomic E-state index is 0.00751. The lowest BCUT2D eigenvalue weighted by atomic mass is 10.2. The Balaban J connectivity index is 2.26. The number of imidazole rings is 1. The van der Waals surface area contributed by atoms with Crippen molar-refractivity contribution < 1.29 is 9.50 Å². The van der Waals surface area contributed by atoms with E-state index in [2.05, 4.69) is 9.97 Å². The second-order valence-electron chi connectivity index (χ2n) is 4.22. The molecule has 0 saturated heterocycles. The zero-order valence-electron chi connectivity index (χ0n) is 9.74. The predicted molar refractivity (Wildman–Crippen MR) is 67.9 cm³/mol. The van der Waals surface area contributed by atoms with Crippen LogP contribution in [0.4, 0.5) is 4.39 Å². The smallest absolute Gasteiger partial charge is 0.142 e. The van der Waals surface area contributed by atoms with Crippen LogP contribution < -0.4 is 0 Å². The molecule has 90 valence electrons. The van der Waals surface area contributed by atoms with Crippen molar-refractivity contribution >= 4 is 11.0 Å². The van der Waals surface area contributed by atoms with E-state index in [1.165, 1.54) is 18.2 Å². The van der Waals surface area contributed by atoms with Gasteiger partial charge in [0.25, 0.3) is 0 Å². The Morgan fingerprint density at radius 3 is 2.83 bits per heavy atom. The van der Waals surface area contributed by atoms with E-state index < -0.39 is 5.82 Å². The monoisotopic (exact) mass is 242 g/mol. The van der Waals surface area contributed by atoms with Crippen molar-refractivity contribution in [1.29, 1.82) is 0 Å². The van der Waals surface area contributed by atoms with E-state index in [1.807, 2.05) is 25.1 Å². The lowest BCUT2D eigenvalue weighted by Gasteiger charge is -2.00. The van der Waals surface area contributed by atoms with Crippen molar-refractivity contribution in [2.75, 3.05) is 0 Å². The number of nitrogens with zero attached hydrogens (tertiary/aromatic N) is 1. The summed E-state index contributed by atoms with van der Waals surface area (Å²) < 4.78 is 13.2. The third-order valence-corrected chi connectivity index (χ3v) is 2.93. The zero-order chi connectivity index (χ0) is 12.7. The Kier molecular flexibility index (Phi) is 2.30. The Morgan fingerprint density at radius 1 is 1.22 bits per heavy atom. The number of phenols is 1. The Labute approximate surface area is 103 Å². The van der Waals surface area contributed by atoms with E-state index in [-0.39, 0.29) is 5.75 Å². The van der Waals surface area contributed by atoms with E-state index in [1.54, 1.807) is 0 Å². The van der Waals surface area contributed by atoms with Crippen LogP contribution in [0.1, 0.15) is 5.56 Å². The molecule has 0 aliphatic carbocycles. The molecule has 4 heteroatoms. The average Bonchev–Trinajstić information content (AvgIpc) is 2.77. The van der Waals surface area contributed by atoms with Crippen LogP contribution in [-0.2, 0) is 0 Å². The number of halogens is 1. The summed E-state index contributed by atoms with van der Waals surface area (Å²) >= 11 is 0. The summed E-state index contributed by atoms with van der Waals surface area (Å²) in [5.74, 6) is 0.0735. The van der Waals surface area contributed by atoms with Crippen molar-refractivity contribution in [3.8, 4) is 17.1 Å². The van der Waals surface area contributed by atoms with E-state index in [0.29, 0.717) is 11.4 Å². The maximum Gasteiger partial charge on any atom is 0.142 e. The second-order valence-corrected chi connectivity index (χ2v) is 4.22. The third-order valence-electron chi connectivity index (χ3n) is 2.93. The number of aromatic amines is 1. The molecule has 3 nitrogen and oxygen atoms in total. The minimum atomic E-state index is -0.403.